The van der Waals surface area contributed by atoms with E-state index in [0.717, 1.165) is 5.56 Å². The number of aliphatic hydroxyl groups excluding tert-OH is 3. The maximum Gasteiger partial charge on any atom is 0.251 e. The highest BCUT2D eigenvalue weighted by Gasteiger charge is 2.45. The number of carbonyl (C=O) groups is 1. The van der Waals surface area contributed by atoms with Gasteiger partial charge in [-0.15, -0.1) is 0 Å². The number of hydrogen-bond acceptors (Lipinski definition) is 6. The molecule has 0 spiro atoms. The quantitative estimate of drug-likeness (QED) is 0.585. The van der Waals surface area contributed by atoms with Crippen LogP contribution in [0.4, 0.5) is 0 Å². The number of amides is 1. The van der Waals surface area contributed by atoms with E-state index < -0.39 is 43.2 Å². The van der Waals surface area contributed by atoms with Gasteiger partial charge in [0.2, 0.25) is 0 Å². The average molecular weight is 373 g/mol. The first kappa shape index (κ1) is 19.5. The Hall–Kier alpha value is -2.29. The van der Waals surface area contributed by atoms with Gasteiger partial charge in [-0.1, -0.05) is 48.5 Å². The lowest BCUT2D eigenvalue weighted by atomic mass is 9.96. The van der Waals surface area contributed by atoms with Crippen molar-refractivity contribution in [2.45, 2.75) is 37.3 Å². The molecule has 7 heteroatoms. The fourth-order valence-electron chi connectivity index (χ4n) is 2.95. The summed E-state index contributed by atoms with van der Waals surface area (Å²) in [5, 5.41) is 32.7. The lowest BCUT2D eigenvalue weighted by Crippen LogP contribution is -2.64. The number of ether oxygens (including phenoxy) is 2. The van der Waals surface area contributed by atoms with Gasteiger partial charge in [0.1, 0.15) is 24.4 Å². The minimum absolute atomic E-state index is 0.185. The third kappa shape index (κ3) is 4.71. The SMILES string of the molecule is O=C(NC1[C@@H](OCc2ccccc2)OC(CO)[C@@H](O)[C@H]1O)c1ccccc1. The van der Waals surface area contributed by atoms with E-state index in [-0.39, 0.29) is 6.61 Å². The van der Waals surface area contributed by atoms with Gasteiger partial charge in [-0.05, 0) is 17.7 Å². The zero-order valence-electron chi connectivity index (χ0n) is 14.6. The Kier molecular flexibility index (Phi) is 6.54. The van der Waals surface area contributed by atoms with Crippen molar-refractivity contribution in [3.05, 3.63) is 71.8 Å². The van der Waals surface area contributed by atoms with Crippen molar-refractivity contribution in [1.82, 2.24) is 5.32 Å². The summed E-state index contributed by atoms with van der Waals surface area (Å²) in [7, 11) is 0. The molecule has 1 aliphatic heterocycles. The molecule has 0 saturated carbocycles. The van der Waals surface area contributed by atoms with E-state index in [2.05, 4.69) is 5.32 Å². The van der Waals surface area contributed by atoms with Crippen molar-refractivity contribution in [2.24, 2.45) is 0 Å². The van der Waals surface area contributed by atoms with Crippen LogP contribution in [0.25, 0.3) is 0 Å². The minimum Gasteiger partial charge on any atom is -0.394 e. The first-order valence-electron chi connectivity index (χ1n) is 8.74. The first-order chi connectivity index (χ1) is 13.1. The van der Waals surface area contributed by atoms with Crippen LogP contribution in [0, 0.1) is 0 Å². The van der Waals surface area contributed by atoms with Crippen LogP contribution in [0.5, 0.6) is 0 Å². The van der Waals surface area contributed by atoms with Crippen molar-refractivity contribution in [3.8, 4) is 0 Å². The van der Waals surface area contributed by atoms with Crippen LogP contribution < -0.4 is 5.32 Å². The van der Waals surface area contributed by atoms with E-state index in [1.165, 1.54) is 0 Å². The second-order valence-electron chi connectivity index (χ2n) is 6.37. The number of carbonyl (C=O) groups excluding carboxylic acids is 1. The van der Waals surface area contributed by atoms with Gasteiger partial charge >= 0.3 is 0 Å². The number of aliphatic hydroxyl groups is 3. The van der Waals surface area contributed by atoms with E-state index in [1.54, 1.807) is 30.3 Å². The molecule has 3 rings (SSSR count). The molecule has 1 aliphatic rings. The fraction of sp³-hybridized carbons (Fsp3) is 0.350. The second kappa shape index (κ2) is 9.07. The number of rotatable bonds is 6. The molecule has 0 aliphatic carbocycles. The highest BCUT2D eigenvalue weighted by atomic mass is 16.7. The zero-order chi connectivity index (χ0) is 19.2. The third-order valence-corrected chi connectivity index (χ3v) is 4.47. The minimum atomic E-state index is -1.36. The molecule has 0 aromatic heterocycles. The van der Waals surface area contributed by atoms with Crippen LogP contribution in [0.2, 0.25) is 0 Å². The normalized spacial score (nSPS) is 27.9. The van der Waals surface area contributed by atoms with Crippen molar-refractivity contribution in [1.29, 1.82) is 0 Å². The van der Waals surface area contributed by atoms with E-state index >= 15 is 0 Å². The average Bonchev–Trinajstić information content (AvgIpc) is 2.72. The molecule has 7 nitrogen and oxygen atoms in total. The topological polar surface area (TPSA) is 108 Å². The summed E-state index contributed by atoms with van der Waals surface area (Å²) in [5.74, 6) is -0.425. The molecule has 144 valence electrons. The molecule has 1 saturated heterocycles. The van der Waals surface area contributed by atoms with Crippen LogP contribution in [-0.4, -0.2) is 58.5 Å². The summed E-state index contributed by atoms with van der Waals surface area (Å²) in [6.45, 7) is -0.299. The summed E-state index contributed by atoms with van der Waals surface area (Å²) < 4.78 is 11.3. The van der Waals surface area contributed by atoms with Crippen LogP contribution in [0.1, 0.15) is 15.9 Å². The van der Waals surface area contributed by atoms with Gasteiger partial charge in [-0.2, -0.15) is 0 Å². The Balaban J connectivity index is 1.74. The fourth-order valence-corrected chi connectivity index (χ4v) is 2.95. The van der Waals surface area contributed by atoms with Crippen molar-refractivity contribution < 1.29 is 29.6 Å². The Morgan fingerprint density at radius 2 is 1.63 bits per heavy atom. The summed E-state index contributed by atoms with van der Waals surface area (Å²) in [6, 6.07) is 16.9. The maximum absolute atomic E-state index is 12.5. The molecule has 1 heterocycles. The summed E-state index contributed by atoms with van der Waals surface area (Å²) in [6.07, 6.45) is -4.75. The monoisotopic (exact) mass is 373 g/mol. The Labute approximate surface area is 157 Å². The van der Waals surface area contributed by atoms with Gasteiger partial charge in [-0.3, -0.25) is 4.79 Å². The van der Waals surface area contributed by atoms with Gasteiger partial charge in [0, 0.05) is 5.56 Å². The Bertz CT molecular complexity index is 726. The van der Waals surface area contributed by atoms with Crippen molar-refractivity contribution >= 4 is 5.91 Å². The summed E-state index contributed by atoms with van der Waals surface area (Å²) >= 11 is 0. The van der Waals surface area contributed by atoms with Crippen molar-refractivity contribution in [2.75, 3.05) is 6.61 Å². The molecule has 0 bridgehead atoms. The van der Waals surface area contributed by atoms with Crippen LogP contribution in [-0.2, 0) is 16.1 Å². The Morgan fingerprint density at radius 3 is 2.26 bits per heavy atom. The lowest BCUT2D eigenvalue weighted by molar-refractivity contribution is -0.272. The standard InChI is InChI=1S/C20H23NO6/c22-11-15-17(23)18(24)16(21-19(25)14-9-5-2-6-10-14)20(27-15)26-12-13-7-3-1-4-8-13/h1-10,15-18,20,22-24H,11-12H2,(H,21,25)/t15?,16?,17-,18+,20+/m1/s1. The van der Waals surface area contributed by atoms with Crippen molar-refractivity contribution in [3.63, 3.8) is 0 Å². The molecule has 27 heavy (non-hydrogen) atoms. The molecular weight excluding hydrogens is 350 g/mol. The molecule has 5 atom stereocenters. The number of nitrogens with one attached hydrogen (secondary N) is 1. The van der Waals surface area contributed by atoms with Crippen LogP contribution in [0.15, 0.2) is 60.7 Å². The predicted octanol–water partition coefficient (Wildman–Crippen LogP) is 0.441. The molecule has 2 unspecified atom stereocenters. The molecule has 4 N–H and O–H groups in total. The highest BCUT2D eigenvalue weighted by Crippen LogP contribution is 2.23. The molecular formula is C20H23NO6. The van der Waals surface area contributed by atoms with Crippen LogP contribution in [0.3, 0.4) is 0 Å². The molecule has 2 aromatic carbocycles. The van der Waals surface area contributed by atoms with Gasteiger partial charge < -0.3 is 30.1 Å². The summed E-state index contributed by atoms with van der Waals surface area (Å²) in [4.78, 5) is 12.5. The molecule has 2 aromatic rings. The number of hydrogen-bond donors (Lipinski definition) is 4. The second-order valence-corrected chi connectivity index (χ2v) is 6.37. The maximum atomic E-state index is 12.5. The lowest BCUT2D eigenvalue weighted by Gasteiger charge is -2.42. The van der Waals surface area contributed by atoms with Gasteiger partial charge in [-0.25, -0.2) is 0 Å². The zero-order valence-corrected chi connectivity index (χ0v) is 14.6. The number of benzene rings is 2. The van der Waals surface area contributed by atoms with E-state index in [1.807, 2.05) is 30.3 Å². The van der Waals surface area contributed by atoms with E-state index in [0.29, 0.717) is 5.56 Å². The first-order valence-corrected chi connectivity index (χ1v) is 8.74. The smallest absolute Gasteiger partial charge is 0.251 e. The molecule has 1 fully saturated rings. The van der Waals surface area contributed by atoms with Gasteiger partial charge in [0.25, 0.3) is 5.91 Å². The van der Waals surface area contributed by atoms with E-state index in [9.17, 15) is 20.1 Å². The van der Waals surface area contributed by atoms with Crippen LogP contribution >= 0.6 is 0 Å². The Morgan fingerprint density at radius 1 is 1.00 bits per heavy atom. The largest absolute Gasteiger partial charge is 0.394 e. The molecule has 1 amide bonds. The third-order valence-electron chi connectivity index (χ3n) is 4.47. The highest BCUT2D eigenvalue weighted by molar-refractivity contribution is 5.94. The molecule has 0 radical (unpaired) electrons. The van der Waals surface area contributed by atoms with Gasteiger partial charge in [0.15, 0.2) is 6.29 Å². The predicted molar refractivity (Wildman–Crippen MR) is 96.7 cm³/mol. The summed E-state index contributed by atoms with van der Waals surface area (Å²) in [5.41, 5.74) is 1.29. The van der Waals surface area contributed by atoms with Gasteiger partial charge in [0.05, 0.1) is 13.2 Å². The van der Waals surface area contributed by atoms with E-state index in [4.69, 9.17) is 9.47 Å².